The highest BCUT2D eigenvalue weighted by Crippen LogP contribution is 1.93. The Balaban J connectivity index is 4.80. The first-order chi connectivity index (χ1) is 5.61. The van der Waals surface area contributed by atoms with E-state index in [0.717, 1.165) is 0 Å². The maximum atomic E-state index is 10.3. The van der Waals surface area contributed by atoms with Gasteiger partial charge in [-0.15, -0.1) is 0 Å². The Kier molecular flexibility index (Phi) is 1.79. The number of hydrogen-bond acceptors (Lipinski definition) is 3. The maximum absolute atomic E-state index is 10.3. The van der Waals surface area contributed by atoms with E-state index in [1.807, 2.05) is 0 Å². The average Bonchev–Trinajstić information content (AvgIpc) is 1.83. The summed E-state index contributed by atoms with van der Waals surface area (Å²) in [7, 11) is 0. The lowest BCUT2D eigenvalue weighted by atomic mass is 10.2. The maximum Gasteiger partial charge on any atom is 0.320 e. The molecule has 0 aromatic carbocycles. The minimum atomic E-state index is -2.95. The van der Waals surface area contributed by atoms with Gasteiger partial charge >= 0.3 is 11.9 Å². The lowest BCUT2D eigenvalue weighted by Gasteiger charge is -2.01. The van der Waals surface area contributed by atoms with Crippen molar-refractivity contribution in [1.29, 1.82) is 0 Å². The quantitative estimate of drug-likeness (QED) is 0.490. The molecule has 0 saturated carbocycles. The lowest BCUT2D eigenvalue weighted by Crippen LogP contribution is -2.30. The molecular weight excluding hydrogens is 138 g/mol. The molecule has 5 nitrogen and oxygen atoms in total. The van der Waals surface area contributed by atoms with Gasteiger partial charge in [0, 0.05) is 9.16 Å². The largest absolute Gasteiger partial charge is 0.481 e. The van der Waals surface area contributed by atoms with Gasteiger partial charge in [0.25, 0.3) is 0 Å². The van der Waals surface area contributed by atoms with Crippen LogP contribution in [0.4, 0.5) is 0 Å². The van der Waals surface area contributed by atoms with Crippen LogP contribution < -0.4 is 5.73 Å². The standard InChI is InChI=1S/C5H9NO4/c6-3(5(9)10)1-2-4(7)8/h3H,1-2,6H2,(H,7,8)(H,9,10)/i1D2,3D. The van der Waals surface area contributed by atoms with Crippen LogP contribution in [0.1, 0.15) is 16.9 Å². The van der Waals surface area contributed by atoms with Crippen LogP contribution in [0.2, 0.25) is 0 Å². The second kappa shape index (κ2) is 3.84. The molecule has 0 aromatic heterocycles. The number of aliphatic carboxylic acids is 2. The third kappa shape index (κ3) is 3.85. The topological polar surface area (TPSA) is 101 Å². The zero-order valence-electron chi connectivity index (χ0n) is 8.00. The van der Waals surface area contributed by atoms with Crippen LogP contribution in [0.25, 0.3) is 0 Å². The van der Waals surface area contributed by atoms with Crippen LogP contribution in [0.3, 0.4) is 0 Å². The van der Waals surface area contributed by atoms with Crippen molar-refractivity contribution in [3.63, 3.8) is 0 Å². The van der Waals surface area contributed by atoms with Gasteiger partial charge in [-0.2, -0.15) is 0 Å². The molecule has 1 unspecified atom stereocenters. The van der Waals surface area contributed by atoms with E-state index in [9.17, 15) is 9.59 Å². The Morgan fingerprint density at radius 3 is 2.50 bits per heavy atom. The number of carboxylic acid groups (broad SMARTS) is 2. The predicted molar refractivity (Wildman–Crippen MR) is 32.5 cm³/mol. The van der Waals surface area contributed by atoms with E-state index in [4.69, 9.17) is 20.1 Å². The van der Waals surface area contributed by atoms with Crippen molar-refractivity contribution >= 4 is 11.9 Å². The minimum absolute atomic E-state index is 1.13. The molecule has 0 fully saturated rings. The SMILES string of the molecule is [2H]C([2H])(CC(=O)O)C([2H])(N)C(=O)O. The molecular formula is C5H9NO4. The van der Waals surface area contributed by atoms with Crippen molar-refractivity contribution in [3.05, 3.63) is 0 Å². The van der Waals surface area contributed by atoms with Crippen molar-refractivity contribution in [3.8, 4) is 0 Å². The summed E-state index contributed by atoms with van der Waals surface area (Å²) in [6.45, 7) is 0. The number of carboxylic acids is 2. The molecule has 10 heavy (non-hydrogen) atoms. The van der Waals surface area contributed by atoms with Crippen molar-refractivity contribution in [1.82, 2.24) is 0 Å². The highest BCUT2D eigenvalue weighted by atomic mass is 16.4. The van der Waals surface area contributed by atoms with E-state index >= 15 is 0 Å². The Morgan fingerprint density at radius 1 is 1.70 bits per heavy atom. The van der Waals surface area contributed by atoms with Gasteiger partial charge in [-0.25, -0.2) is 0 Å². The number of hydrogen-bond donors (Lipinski definition) is 3. The van der Waals surface area contributed by atoms with E-state index in [-0.39, 0.29) is 0 Å². The van der Waals surface area contributed by atoms with Gasteiger partial charge < -0.3 is 15.9 Å². The molecule has 58 valence electrons. The van der Waals surface area contributed by atoms with E-state index in [1.165, 1.54) is 0 Å². The predicted octanol–water partition coefficient (Wildman–Crippen LogP) is -0.737. The summed E-state index contributed by atoms with van der Waals surface area (Å²) in [6, 6.07) is -2.95. The Hall–Kier alpha value is -1.10. The van der Waals surface area contributed by atoms with Crippen molar-refractivity contribution in [2.24, 2.45) is 5.73 Å². The zero-order valence-corrected chi connectivity index (χ0v) is 5.00. The summed E-state index contributed by atoms with van der Waals surface area (Å²) >= 11 is 0. The molecule has 0 aliphatic heterocycles. The molecule has 0 amide bonds. The Labute approximate surface area is 61.7 Å². The molecule has 0 saturated heterocycles. The van der Waals surface area contributed by atoms with Gasteiger partial charge in [0.2, 0.25) is 0 Å². The average molecular weight is 150 g/mol. The van der Waals surface area contributed by atoms with Gasteiger partial charge in [-0.3, -0.25) is 9.59 Å². The molecule has 0 radical (unpaired) electrons. The fourth-order valence-electron chi connectivity index (χ4n) is 0.246. The fraction of sp³-hybridized carbons (Fsp3) is 0.600. The van der Waals surface area contributed by atoms with Gasteiger partial charge in [0.15, 0.2) is 0 Å². The smallest absolute Gasteiger partial charge is 0.320 e. The minimum Gasteiger partial charge on any atom is -0.481 e. The zero-order chi connectivity index (χ0) is 10.9. The molecule has 0 heterocycles. The summed E-state index contributed by atoms with van der Waals surface area (Å²) in [5.74, 6) is -3.45. The van der Waals surface area contributed by atoms with Crippen LogP contribution in [0.5, 0.6) is 0 Å². The van der Waals surface area contributed by atoms with Crippen molar-refractivity contribution in [2.45, 2.75) is 18.8 Å². The van der Waals surface area contributed by atoms with Gasteiger partial charge in [0.05, 0.1) is 1.37 Å². The summed E-state index contributed by atoms with van der Waals surface area (Å²) < 4.78 is 20.9. The summed E-state index contributed by atoms with van der Waals surface area (Å²) in [5, 5.41) is 16.6. The van der Waals surface area contributed by atoms with Gasteiger partial charge in [-0.1, -0.05) is 0 Å². The van der Waals surface area contributed by atoms with E-state index < -0.39 is 30.8 Å². The number of nitrogens with two attached hydrogens (primary N) is 1. The molecule has 0 bridgehead atoms. The van der Waals surface area contributed by atoms with Crippen LogP contribution in [-0.2, 0) is 9.59 Å². The van der Waals surface area contributed by atoms with E-state index in [1.54, 1.807) is 0 Å². The first kappa shape index (κ1) is 4.68. The fourth-order valence-corrected chi connectivity index (χ4v) is 0.246. The van der Waals surface area contributed by atoms with Crippen LogP contribution in [0.15, 0.2) is 0 Å². The Bertz CT molecular complexity index is 240. The van der Waals surface area contributed by atoms with Crippen LogP contribution in [0, 0.1) is 0 Å². The summed E-state index contributed by atoms with van der Waals surface area (Å²) in [6.07, 6.45) is -3.94. The molecule has 4 N–H and O–H groups in total. The highest BCUT2D eigenvalue weighted by molar-refractivity contribution is 5.74. The van der Waals surface area contributed by atoms with Gasteiger partial charge in [-0.05, 0) is 6.37 Å². The molecule has 0 spiro atoms. The van der Waals surface area contributed by atoms with Crippen LogP contribution >= 0.6 is 0 Å². The number of rotatable bonds is 4. The molecule has 0 aliphatic carbocycles. The molecule has 1 atom stereocenters. The monoisotopic (exact) mass is 150 g/mol. The van der Waals surface area contributed by atoms with E-state index in [0.29, 0.717) is 0 Å². The Morgan fingerprint density at radius 2 is 2.20 bits per heavy atom. The lowest BCUT2D eigenvalue weighted by molar-refractivity contribution is -0.139. The van der Waals surface area contributed by atoms with Crippen LogP contribution in [-0.4, -0.2) is 28.2 Å². The molecule has 0 aromatic rings. The highest BCUT2D eigenvalue weighted by Gasteiger charge is 2.12. The van der Waals surface area contributed by atoms with E-state index in [2.05, 4.69) is 0 Å². The normalized spacial score (nSPS) is 21.5. The second-order valence-corrected chi connectivity index (χ2v) is 1.47. The van der Waals surface area contributed by atoms with Crippen molar-refractivity contribution in [2.75, 3.05) is 0 Å². The third-order valence-electron chi connectivity index (χ3n) is 0.660. The molecule has 0 aliphatic rings. The summed E-state index contributed by atoms with van der Waals surface area (Å²) in [5.41, 5.74) is 4.81. The van der Waals surface area contributed by atoms with Gasteiger partial charge in [0.1, 0.15) is 6.02 Å². The summed E-state index contributed by atoms with van der Waals surface area (Å²) in [4.78, 5) is 20.4. The van der Waals surface area contributed by atoms with Crippen molar-refractivity contribution < 1.29 is 23.9 Å². The molecule has 5 heteroatoms. The first-order valence-corrected chi connectivity index (χ1v) is 2.35. The second-order valence-electron chi connectivity index (χ2n) is 1.47. The first-order valence-electron chi connectivity index (χ1n) is 3.85. The number of carbonyl (C=O) groups is 2. The third-order valence-corrected chi connectivity index (χ3v) is 0.660. The molecule has 0 rings (SSSR count).